The van der Waals surface area contributed by atoms with Crippen LogP contribution in [0.2, 0.25) is 0 Å². The molecule has 1 aliphatic heterocycles. The number of benzene rings is 1. The minimum absolute atomic E-state index is 0. The number of ether oxygens (including phenoxy) is 1. The van der Waals surface area contributed by atoms with Crippen molar-refractivity contribution in [2.24, 2.45) is 4.99 Å². The molecule has 2 aromatic rings. The van der Waals surface area contributed by atoms with Crippen LogP contribution < -0.4 is 15.0 Å². The van der Waals surface area contributed by atoms with Crippen LogP contribution in [0.4, 0.5) is 5.82 Å². The van der Waals surface area contributed by atoms with E-state index in [0.29, 0.717) is 13.2 Å². The highest BCUT2D eigenvalue weighted by Gasteiger charge is 2.20. The number of hydrogen-bond acceptors (Lipinski definition) is 4. The zero-order valence-electron chi connectivity index (χ0n) is 16.7. The molecule has 1 aromatic carbocycles. The lowest BCUT2D eigenvalue weighted by Gasteiger charge is -2.37. The molecule has 7 heteroatoms. The Hall–Kier alpha value is -2.03. The van der Waals surface area contributed by atoms with Crippen LogP contribution in [0.3, 0.4) is 0 Å². The summed E-state index contributed by atoms with van der Waals surface area (Å²) in [6, 6.07) is 14.2. The average molecular weight is 495 g/mol. The molecule has 0 aliphatic carbocycles. The van der Waals surface area contributed by atoms with Gasteiger partial charge >= 0.3 is 0 Å². The van der Waals surface area contributed by atoms with Crippen molar-refractivity contribution in [2.45, 2.75) is 20.4 Å². The van der Waals surface area contributed by atoms with Crippen molar-refractivity contribution in [3.63, 3.8) is 0 Å². The molecule has 6 nitrogen and oxygen atoms in total. The van der Waals surface area contributed by atoms with Crippen LogP contribution in [-0.4, -0.2) is 55.2 Å². The van der Waals surface area contributed by atoms with Crippen LogP contribution in [0.1, 0.15) is 19.4 Å². The van der Waals surface area contributed by atoms with E-state index in [1.54, 1.807) is 0 Å². The fourth-order valence-electron chi connectivity index (χ4n) is 3.18. The number of aliphatic imine (C=N–C) groups is 1. The highest BCUT2D eigenvalue weighted by atomic mass is 127. The highest BCUT2D eigenvalue weighted by Crippen LogP contribution is 2.15. The number of piperazine rings is 1. The predicted octanol–water partition coefficient (Wildman–Crippen LogP) is 3.39. The van der Waals surface area contributed by atoms with E-state index in [-0.39, 0.29) is 24.0 Å². The molecule has 0 spiro atoms. The minimum Gasteiger partial charge on any atom is -0.494 e. The predicted molar refractivity (Wildman–Crippen MR) is 126 cm³/mol. The molecule has 1 N–H and O–H groups in total. The van der Waals surface area contributed by atoms with Crippen LogP contribution in [0.5, 0.6) is 5.75 Å². The number of aromatic nitrogens is 1. The zero-order chi connectivity index (χ0) is 18.9. The Kier molecular flexibility index (Phi) is 9.33. The van der Waals surface area contributed by atoms with Crippen molar-refractivity contribution in [3.05, 3.63) is 54.2 Å². The molecule has 1 aliphatic rings. The Labute approximate surface area is 185 Å². The van der Waals surface area contributed by atoms with Gasteiger partial charge < -0.3 is 19.9 Å². The van der Waals surface area contributed by atoms with E-state index < -0.39 is 0 Å². The van der Waals surface area contributed by atoms with E-state index in [9.17, 15) is 0 Å². The van der Waals surface area contributed by atoms with Crippen molar-refractivity contribution in [2.75, 3.05) is 44.2 Å². The van der Waals surface area contributed by atoms with Crippen LogP contribution in [0, 0.1) is 0 Å². The summed E-state index contributed by atoms with van der Waals surface area (Å²) in [5.41, 5.74) is 1.16. The summed E-state index contributed by atoms with van der Waals surface area (Å²) in [7, 11) is 0. The van der Waals surface area contributed by atoms with E-state index in [1.807, 2.05) is 37.4 Å². The summed E-state index contributed by atoms with van der Waals surface area (Å²) in [6.45, 7) is 10.0. The van der Waals surface area contributed by atoms with Gasteiger partial charge in [-0.15, -0.1) is 24.0 Å². The van der Waals surface area contributed by atoms with Crippen LogP contribution in [0.15, 0.2) is 53.7 Å². The van der Waals surface area contributed by atoms with Gasteiger partial charge in [0, 0.05) is 38.9 Å². The van der Waals surface area contributed by atoms with Crippen LogP contribution in [-0.2, 0) is 6.54 Å². The molecule has 1 saturated heterocycles. The monoisotopic (exact) mass is 495 g/mol. The Bertz CT molecular complexity index is 733. The number of nitrogens with zero attached hydrogens (tertiary/aromatic N) is 4. The lowest BCUT2D eigenvalue weighted by molar-refractivity contribution is 0.340. The second-order valence-corrected chi connectivity index (χ2v) is 6.41. The first kappa shape index (κ1) is 22.3. The largest absolute Gasteiger partial charge is 0.494 e. The molecule has 0 atom stereocenters. The summed E-state index contributed by atoms with van der Waals surface area (Å²) < 4.78 is 5.59. The summed E-state index contributed by atoms with van der Waals surface area (Å²) in [6.07, 6.45) is 1.85. The fraction of sp³-hybridized carbons (Fsp3) is 0.429. The molecule has 0 radical (unpaired) electrons. The van der Waals surface area contributed by atoms with Gasteiger partial charge in [-0.25, -0.2) is 9.98 Å². The van der Waals surface area contributed by atoms with Gasteiger partial charge in [0.1, 0.15) is 11.6 Å². The maximum Gasteiger partial charge on any atom is 0.194 e. The van der Waals surface area contributed by atoms with Gasteiger partial charge in [0.15, 0.2) is 5.96 Å². The topological polar surface area (TPSA) is 53.0 Å². The number of halogens is 1. The average Bonchev–Trinajstić information content (AvgIpc) is 2.72. The molecule has 0 bridgehead atoms. The smallest absolute Gasteiger partial charge is 0.194 e. The zero-order valence-corrected chi connectivity index (χ0v) is 19.0. The maximum absolute atomic E-state index is 5.59. The van der Waals surface area contributed by atoms with Crippen LogP contribution in [0.25, 0.3) is 0 Å². The molecular weight excluding hydrogens is 465 g/mol. The quantitative estimate of drug-likeness (QED) is 0.379. The fourth-order valence-corrected chi connectivity index (χ4v) is 3.18. The van der Waals surface area contributed by atoms with Crippen molar-refractivity contribution >= 4 is 35.8 Å². The lowest BCUT2D eigenvalue weighted by atomic mass is 10.2. The van der Waals surface area contributed by atoms with Gasteiger partial charge in [-0.05, 0) is 43.7 Å². The third-order valence-electron chi connectivity index (χ3n) is 4.51. The third-order valence-corrected chi connectivity index (χ3v) is 4.51. The van der Waals surface area contributed by atoms with Crippen molar-refractivity contribution < 1.29 is 4.74 Å². The summed E-state index contributed by atoms with van der Waals surface area (Å²) in [4.78, 5) is 14.0. The van der Waals surface area contributed by atoms with Gasteiger partial charge in [-0.1, -0.05) is 18.2 Å². The Morgan fingerprint density at radius 1 is 1.11 bits per heavy atom. The highest BCUT2D eigenvalue weighted by molar-refractivity contribution is 14.0. The van der Waals surface area contributed by atoms with E-state index in [2.05, 4.69) is 45.2 Å². The van der Waals surface area contributed by atoms with E-state index >= 15 is 0 Å². The second kappa shape index (κ2) is 11.7. The van der Waals surface area contributed by atoms with Crippen molar-refractivity contribution in [3.8, 4) is 5.75 Å². The molecule has 152 valence electrons. The van der Waals surface area contributed by atoms with Gasteiger partial charge in [-0.3, -0.25) is 0 Å². The van der Waals surface area contributed by atoms with E-state index in [0.717, 1.165) is 55.8 Å². The molecule has 28 heavy (non-hydrogen) atoms. The molecule has 0 amide bonds. The Morgan fingerprint density at radius 3 is 2.61 bits per heavy atom. The maximum atomic E-state index is 5.59. The molecule has 1 fully saturated rings. The van der Waals surface area contributed by atoms with Gasteiger partial charge in [0.2, 0.25) is 0 Å². The summed E-state index contributed by atoms with van der Waals surface area (Å²) in [5.74, 6) is 2.92. The summed E-state index contributed by atoms with van der Waals surface area (Å²) in [5, 5.41) is 3.43. The number of nitrogens with one attached hydrogen (secondary N) is 1. The van der Waals surface area contributed by atoms with Gasteiger partial charge in [-0.2, -0.15) is 0 Å². The van der Waals surface area contributed by atoms with Crippen molar-refractivity contribution in [1.29, 1.82) is 0 Å². The molecule has 1 aromatic heterocycles. The number of anilines is 1. The Morgan fingerprint density at radius 2 is 1.93 bits per heavy atom. The third kappa shape index (κ3) is 6.25. The minimum atomic E-state index is 0. The van der Waals surface area contributed by atoms with Gasteiger partial charge in [0.25, 0.3) is 0 Å². The molecule has 3 rings (SSSR count). The van der Waals surface area contributed by atoms with Crippen LogP contribution >= 0.6 is 24.0 Å². The lowest BCUT2D eigenvalue weighted by Crippen LogP contribution is -2.52. The number of guanidine groups is 1. The number of hydrogen-bond donors (Lipinski definition) is 1. The first-order valence-electron chi connectivity index (χ1n) is 9.71. The van der Waals surface area contributed by atoms with Crippen molar-refractivity contribution in [1.82, 2.24) is 15.2 Å². The molecule has 0 saturated carbocycles. The second-order valence-electron chi connectivity index (χ2n) is 6.41. The normalized spacial score (nSPS) is 14.4. The van der Waals surface area contributed by atoms with E-state index in [1.165, 1.54) is 0 Å². The van der Waals surface area contributed by atoms with Gasteiger partial charge in [0.05, 0.1) is 13.2 Å². The number of pyridine rings is 1. The Balaban J connectivity index is 0.00000280. The standard InChI is InChI=1S/C21H29N5O.HI/c1-3-22-21(24-17-18-8-7-9-19(16-18)27-4-2)26-14-12-25(13-15-26)20-10-5-6-11-23-20;/h5-11,16H,3-4,12-15,17H2,1-2H3,(H,22,24);1H. The van der Waals surface area contributed by atoms with E-state index in [4.69, 9.17) is 9.73 Å². The molecular formula is C21H30IN5O. The molecule has 0 unspecified atom stereocenters. The molecule has 2 heterocycles. The first-order chi connectivity index (χ1) is 13.3. The first-order valence-corrected chi connectivity index (χ1v) is 9.71. The summed E-state index contributed by atoms with van der Waals surface area (Å²) >= 11 is 0. The number of rotatable bonds is 6. The SMILES string of the molecule is CCNC(=NCc1cccc(OCC)c1)N1CCN(c2ccccn2)CC1.I.